The molecule has 0 radical (unpaired) electrons. The van der Waals surface area contributed by atoms with Crippen molar-refractivity contribution in [3.05, 3.63) is 0 Å². The van der Waals surface area contributed by atoms with Gasteiger partial charge in [0.25, 0.3) is 5.92 Å². The highest BCUT2D eigenvalue weighted by Crippen LogP contribution is 2.67. The normalized spacial score (nSPS) is 32.9. The van der Waals surface area contributed by atoms with E-state index in [-0.39, 0.29) is 13.0 Å². The lowest BCUT2D eigenvalue weighted by Crippen LogP contribution is -2.51. The summed E-state index contributed by atoms with van der Waals surface area (Å²) >= 11 is 0. The Morgan fingerprint density at radius 3 is 2.33 bits per heavy atom. The lowest BCUT2D eigenvalue weighted by atomic mass is 10.2. The van der Waals surface area contributed by atoms with Gasteiger partial charge in [-0.1, -0.05) is 0 Å². The SMILES string of the molecule is CC(C)(C)OC(=O)N1CCC2C(F)(F)C21C(=O)O. The first-order valence-corrected chi connectivity index (χ1v) is 5.67. The Kier molecular flexibility index (Phi) is 2.41. The summed E-state index contributed by atoms with van der Waals surface area (Å²) in [6.45, 7) is 4.77. The molecule has 7 heteroatoms. The Morgan fingerprint density at radius 2 is 1.94 bits per heavy atom. The molecule has 2 fully saturated rings. The summed E-state index contributed by atoms with van der Waals surface area (Å²) in [4.78, 5) is 23.6. The molecular formula is C11H15F2NO4. The maximum absolute atomic E-state index is 13.6. The van der Waals surface area contributed by atoms with E-state index in [1.54, 1.807) is 20.8 Å². The number of carboxylic acid groups (broad SMARTS) is 1. The number of carbonyl (C=O) groups excluding carboxylic acids is 1. The zero-order valence-electron chi connectivity index (χ0n) is 10.4. The number of alkyl halides is 2. The summed E-state index contributed by atoms with van der Waals surface area (Å²) in [5, 5.41) is 9.04. The summed E-state index contributed by atoms with van der Waals surface area (Å²) in [6.07, 6.45) is -1.01. The van der Waals surface area contributed by atoms with Crippen molar-refractivity contribution in [2.75, 3.05) is 6.54 Å². The van der Waals surface area contributed by atoms with Crippen molar-refractivity contribution in [2.45, 2.75) is 44.3 Å². The number of amides is 1. The summed E-state index contributed by atoms with van der Waals surface area (Å²) in [6, 6.07) is 0. The van der Waals surface area contributed by atoms with Crippen LogP contribution in [0.15, 0.2) is 0 Å². The zero-order chi connectivity index (χ0) is 13.9. The third-order valence-electron chi connectivity index (χ3n) is 3.37. The number of carbonyl (C=O) groups is 2. The number of aliphatic carboxylic acids is 1. The smallest absolute Gasteiger partial charge is 0.411 e. The monoisotopic (exact) mass is 263 g/mol. The number of nitrogens with zero attached hydrogens (tertiary/aromatic N) is 1. The molecule has 0 aromatic rings. The molecule has 0 aromatic carbocycles. The highest BCUT2D eigenvalue weighted by molar-refractivity contribution is 5.92. The minimum atomic E-state index is -3.37. The number of carboxylic acids is 1. The molecule has 2 aliphatic rings. The van der Waals surface area contributed by atoms with E-state index < -0.39 is 35.0 Å². The van der Waals surface area contributed by atoms with E-state index in [9.17, 15) is 18.4 Å². The predicted molar refractivity (Wildman–Crippen MR) is 56.4 cm³/mol. The standard InChI is InChI=1S/C11H15F2NO4/c1-9(2,3)18-8(17)14-5-4-6-10(14,7(15)16)11(6,12)13/h6H,4-5H2,1-3H3,(H,15,16). The Balaban J connectivity index is 2.25. The third-order valence-corrected chi connectivity index (χ3v) is 3.37. The molecule has 2 rings (SSSR count). The second-order valence-electron chi connectivity index (χ2n) is 5.67. The van der Waals surface area contributed by atoms with Crippen LogP contribution in [0.1, 0.15) is 27.2 Å². The first-order chi connectivity index (χ1) is 8.05. The van der Waals surface area contributed by atoms with E-state index >= 15 is 0 Å². The van der Waals surface area contributed by atoms with E-state index in [1.165, 1.54) is 0 Å². The number of fused-ring (bicyclic) bond motifs is 1. The van der Waals surface area contributed by atoms with Gasteiger partial charge < -0.3 is 9.84 Å². The molecular weight excluding hydrogens is 248 g/mol. The van der Waals surface area contributed by atoms with Gasteiger partial charge in [0.1, 0.15) is 5.60 Å². The van der Waals surface area contributed by atoms with Gasteiger partial charge in [0, 0.05) is 6.54 Å². The molecule has 1 aliphatic heterocycles. The van der Waals surface area contributed by atoms with Crippen molar-refractivity contribution >= 4 is 12.1 Å². The van der Waals surface area contributed by atoms with Crippen LogP contribution >= 0.6 is 0 Å². The molecule has 18 heavy (non-hydrogen) atoms. The second-order valence-corrected chi connectivity index (χ2v) is 5.67. The molecule has 5 nitrogen and oxygen atoms in total. The van der Waals surface area contributed by atoms with E-state index in [2.05, 4.69) is 0 Å². The Morgan fingerprint density at radius 1 is 1.39 bits per heavy atom. The Hall–Kier alpha value is -1.40. The fourth-order valence-electron chi connectivity index (χ4n) is 2.61. The predicted octanol–water partition coefficient (Wildman–Crippen LogP) is 1.72. The van der Waals surface area contributed by atoms with Gasteiger partial charge in [-0.2, -0.15) is 0 Å². The average Bonchev–Trinajstić information content (AvgIpc) is 2.55. The van der Waals surface area contributed by atoms with Gasteiger partial charge in [0.2, 0.25) is 5.54 Å². The van der Waals surface area contributed by atoms with Crippen LogP contribution in [0.4, 0.5) is 13.6 Å². The van der Waals surface area contributed by atoms with Gasteiger partial charge in [-0.15, -0.1) is 0 Å². The summed E-state index contributed by atoms with van der Waals surface area (Å²) in [5.74, 6) is -6.33. The number of hydrogen-bond acceptors (Lipinski definition) is 3. The van der Waals surface area contributed by atoms with Crippen LogP contribution in [-0.2, 0) is 9.53 Å². The van der Waals surface area contributed by atoms with E-state index in [0.29, 0.717) is 4.90 Å². The lowest BCUT2D eigenvalue weighted by Gasteiger charge is -2.29. The van der Waals surface area contributed by atoms with E-state index in [1.807, 2.05) is 0 Å². The maximum atomic E-state index is 13.6. The highest BCUT2D eigenvalue weighted by Gasteiger charge is 2.91. The molecule has 1 saturated carbocycles. The molecule has 1 amide bonds. The Bertz CT molecular complexity index is 418. The van der Waals surface area contributed by atoms with Crippen LogP contribution in [-0.4, -0.2) is 45.7 Å². The van der Waals surface area contributed by atoms with Gasteiger partial charge >= 0.3 is 12.1 Å². The number of likely N-dealkylation sites (tertiary alicyclic amines) is 1. The summed E-state index contributed by atoms with van der Waals surface area (Å²) in [5.41, 5.74) is -3.24. The number of halogens is 2. The number of piperidine rings is 1. The maximum Gasteiger partial charge on any atom is 0.411 e. The topological polar surface area (TPSA) is 66.8 Å². The molecule has 1 N–H and O–H groups in total. The van der Waals surface area contributed by atoms with Gasteiger partial charge in [0.05, 0.1) is 5.92 Å². The molecule has 102 valence electrons. The number of rotatable bonds is 1. The molecule has 0 aromatic heterocycles. The van der Waals surface area contributed by atoms with Crippen LogP contribution in [0.5, 0.6) is 0 Å². The molecule has 2 atom stereocenters. The van der Waals surface area contributed by atoms with Crippen LogP contribution in [0.25, 0.3) is 0 Å². The van der Waals surface area contributed by atoms with Gasteiger partial charge in [-0.05, 0) is 27.2 Å². The minimum absolute atomic E-state index is 0.0124. The quantitative estimate of drug-likeness (QED) is 0.782. The van der Waals surface area contributed by atoms with Crippen molar-refractivity contribution in [2.24, 2.45) is 5.92 Å². The highest BCUT2D eigenvalue weighted by atomic mass is 19.3. The van der Waals surface area contributed by atoms with Crippen LogP contribution < -0.4 is 0 Å². The van der Waals surface area contributed by atoms with Gasteiger partial charge in [0.15, 0.2) is 0 Å². The second kappa shape index (κ2) is 3.33. The van der Waals surface area contributed by atoms with Crippen LogP contribution in [0.3, 0.4) is 0 Å². The van der Waals surface area contributed by atoms with E-state index in [0.717, 1.165) is 0 Å². The van der Waals surface area contributed by atoms with Crippen molar-refractivity contribution in [3.8, 4) is 0 Å². The first kappa shape index (κ1) is 13.0. The van der Waals surface area contributed by atoms with Crippen molar-refractivity contribution in [1.82, 2.24) is 4.90 Å². The largest absolute Gasteiger partial charge is 0.479 e. The summed E-state index contributed by atoms with van der Waals surface area (Å²) < 4.78 is 32.1. The average molecular weight is 263 g/mol. The fourth-order valence-corrected chi connectivity index (χ4v) is 2.61. The Labute approximate surface area is 103 Å². The fraction of sp³-hybridized carbons (Fsp3) is 0.818. The van der Waals surface area contributed by atoms with Gasteiger partial charge in [-0.3, -0.25) is 4.90 Å². The minimum Gasteiger partial charge on any atom is -0.479 e. The number of ether oxygens (including phenoxy) is 1. The van der Waals surface area contributed by atoms with Crippen molar-refractivity contribution in [1.29, 1.82) is 0 Å². The summed E-state index contributed by atoms with van der Waals surface area (Å²) in [7, 11) is 0. The van der Waals surface area contributed by atoms with Crippen LogP contribution in [0, 0.1) is 5.92 Å². The van der Waals surface area contributed by atoms with Gasteiger partial charge in [-0.25, -0.2) is 18.4 Å². The zero-order valence-corrected chi connectivity index (χ0v) is 10.4. The van der Waals surface area contributed by atoms with E-state index in [4.69, 9.17) is 9.84 Å². The third kappa shape index (κ3) is 1.42. The molecule has 0 bridgehead atoms. The first-order valence-electron chi connectivity index (χ1n) is 5.67. The molecule has 1 aliphatic carbocycles. The molecule has 1 heterocycles. The van der Waals surface area contributed by atoms with Crippen molar-refractivity contribution in [3.63, 3.8) is 0 Å². The molecule has 2 unspecified atom stereocenters. The number of hydrogen-bond donors (Lipinski definition) is 1. The molecule has 1 saturated heterocycles. The van der Waals surface area contributed by atoms with Crippen LogP contribution in [0.2, 0.25) is 0 Å². The van der Waals surface area contributed by atoms with Crippen molar-refractivity contribution < 1.29 is 28.2 Å². The molecule has 0 spiro atoms. The lowest BCUT2D eigenvalue weighted by molar-refractivity contribution is -0.149.